The molecule has 0 aliphatic rings. The second kappa shape index (κ2) is 5.50. The fraction of sp³-hybridized carbons (Fsp3) is 0.231. The summed E-state index contributed by atoms with van der Waals surface area (Å²) >= 11 is 5.67. The first-order chi connectivity index (χ1) is 9.40. The molecule has 0 spiro atoms. The summed E-state index contributed by atoms with van der Waals surface area (Å²) in [5.74, 6) is -0.504. The maximum atomic E-state index is 13.0. The summed E-state index contributed by atoms with van der Waals surface area (Å²) in [5.41, 5.74) is 0.264. The number of halogens is 2. The van der Waals surface area contributed by atoms with Crippen molar-refractivity contribution in [1.29, 1.82) is 0 Å². The molecule has 1 N–H and O–H groups in total. The van der Waals surface area contributed by atoms with Crippen LogP contribution in [-0.2, 0) is 20.6 Å². The molecule has 5 nitrogen and oxygen atoms in total. The van der Waals surface area contributed by atoms with Crippen LogP contribution >= 0.6 is 11.6 Å². The molecule has 0 aliphatic heterocycles. The van der Waals surface area contributed by atoms with Gasteiger partial charge in [-0.25, -0.2) is 9.18 Å². The summed E-state index contributed by atoms with van der Waals surface area (Å²) in [7, 11) is 2.99. The lowest BCUT2D eigenvalue weighted by atomic mass is 10.2. The molecule has 2 aromatic rings. The molecule has 1 heterocycles. The van der Waals surface area contributed by atoms with E-state index < -0.39 is 5.82 Å². The van der Waals surface area contributed by atoms with Gasteiger partial charge in [0, 0.05) is 32.5 Å². The second-order valence-electron chi connectivity index (χ2n) is 4.39. The Hall–Kier alpha value is -2.08. The van der Waals surface area contributed by atoms with Crippen LogP contribution in [0.1, 0.15) is 5.56 Å². The Kier molecular flexibility index (Phi) is 3.94. The molecule has 0 bridgehead atoms. The number of hydrogen-bond acceptors (Lipinski definition) is 3. The molecule has 7 heteroatoms. The van der Waals surface area contributed by atoms with E-state index in [1.165, 1.54) is 36.0 Å². The van der Waals surface area contributed by atoms with Gasteiger partial charge >= 0.3 is 5.69 Å². The van der Waals surface area contributed by atoms with Gasteiger partial charge in [-0.1, -0.05) is 11.6 Å². The average Bonchev–Trinajstić information content (AvgIpc) is 2.42. The highest BCUT2D eigenvalue weighted by atomic mass is 35.5. The third-order valence-electron chi connectivity index (χ3n) is 2.92. The molecule has 0 fully saturated rings. The van der Waals surface area contributed by atoms with Crippen molar-refractivity contribution in [2.24, 2.45) is 14.1 Å². The van der Waals surface area contributed by atoms with Gasteiger partial charge < -0.3 is 9.88 Å². The molecule has 0 amide bonds. The largest absolute Gasteiger partial charge is 0.381 e. The number of anilines is 1. The highest BCUT2D eigenvalue weighted by molar-refractivity contribution is 6.31. The van der Waals surface area contributed by atoms with Crippen LogP contribution in [0.15, 0.2) is 34.0 Å². The zero-order valence-corrected chi connectivity index (χ0v) is 11.7. The van der Waals surface area contributed by atoms with Crippen LogP contribution in [0.5, 0.6) is 0 Å². The van der Waals surface area contributed by atoms with Crippen molar-refractivity contribution in [3.05, 3.63) is 61.6 Å². The zero-order valence-electron chi connectivity index (χ0n) is 11.0. The number of nitrogens with one attached hydrogen (secondary N) is 1. The molecule has 0 saturated carbocycles. The Bertz CT molecular complexity index is 767. The third kappa shape index (κ3) is 2.75. The van der Waals surface area contributed by atoms with Gasteiger partial charge in [0.15, 0.2) is 0 Å². The minimum Gasteiger partial charge on any atom is -0.381 e. The molecule has 0 radical (unpaired) electrons. The lowest BCUT2D eigenvalue weighted by Gasteiger charge is -2.09. The van der Waals surface area contributed by atoms with Crippen molar-refractivity contribution in [2.75, 3.05) is 5.32 Å². The van der Waals surface area contributed by atoms with E-state index in [1.54, 1.807) is 7.05 Å². The number of nitrogens with zero attached hydrogens (tertiary/aromatic N) is 2. The van der Waals surface area contributed by atoms with Crippen LogP contribution in [0.3, 0.4) is 0 Å². The first-order valence-corrected chi connectivity index (χ1v) is 6.22. The van der Waals surface area contributed by atoms with E-state index in [9.17, 15) is 14.0 Å². The van der Waals surface area contributed by atoms with Crippen LogP contribution in [0, 0.1) is 5.82 Å². The predicted octanol–water partition coefficient (Wildman–Crippen LogP) is 1.49. The Morgan fingerprint density at radius 1 is 1.30 bits per heavy atom. The number of benzene rings is 1. The highest BCUT2D eigenvalue weighted by Crippen LogP contribution is 2.19. The van der Waals surface area contributed by atoms with Gasteiger partial charge in [0.25, 0.3) is 5.56 Å². The fourth-order valence-electron chi connectivity index (χ4n) is 1.81. The van der Waals surface area contributed by atoms with Crippen molar-refractivity contribution in [1.82, 2.24) is 9.13 Å². The van der Waals surface area contributed by atoms with Crippen LogP contribution in [0.4, 0.5) is 10.1 Å². The molecular formula is C13H13ClFN3O2. The Morgan fingerprint density at radius 2 is 2.00 bits per heavy atom. The van der Waals surface area contributed by atoms with E-state index in [2.05, 4.69) is 5.32 Å². The van der Waals surface area contributed by atoms with Crippen molar-refractivity contribution in [3.63, 3.8) is 0 Å². The number of hydrogen-bond donors (Lipinski definition) is 1. The normalized spacial score (nSPS) is 10.6. The summed E-state index contributed by atoms with van der Waals surface area (Å²) in [6.45, 7) is 0.211. The number of rotatable bonds is 3. The predicted molar refractivity (Wildman–Crippen MR) is 75.7 cm³/mol. The Labute approximate surface area is 119 Å². The molecule has 1 aromatic heterocycles. The van der Waals surface area contributed by atoms with E-state index in [0.29, 0.717) is 11.3 Å². The van der Waals surface area contributed by atoms with Crippen molar-refractivity contribution in [3.8, 4) is 0 Å². The SMILES string of the molecule is Cn1cc(CNc2ccc(F)c(Cl)c2)c(=O)n(C)c1=O. The summed E-state index contributed by atoms with van der Waals surface area (Å²) in [6, 6.07) is 4.19. The average molecular weight is 298 g/mol. The van der Waals surface area contributed by atoms with Crippen LogP contribution in [0.25, 0.3) is 0 Å². The zero-order chi connectivity index (χ0) is 14.9. The molecule has 106 valence electrons. The topological polar surface area (TPSA) is 56.0 Å². The summed E-state index contributed by atoms with van der Waals surface area (Å²) in [6.07, 6.45) is 1.47. The molecule has 0 atom stereocenters. The van der Waals surface area contributed by atoms with Gasteiger partial charge in [0.2, 0.25) is 0 Å². The van der Waals surface area contributed by atoms with Gasteiger partial charge in [0.05, 0.1) is 10.6 Å². The minimum atomic E-state index is -0.504. The minimum absolute atomic E-state index is 0.00311. The van der Waals surface area contributed by atoms with Crippen molar-refractivity contribution in [2.45, 2.75) is 6.54 Å². The maximum Gasteiger partial charge on any atom is 0.330 e. The van der Waals surface area contributed by atoms with Gasteiger partial charge in [-0.3, -0.25) is 9.36 Å². The molecule has 1 aromatic carbocycles. The van der Waals surface area contributed by atoms with E-state index in [-0.39, 0.29) is 22.8 Å². The van der Waals surface area contributed by atoms with E-state index in [1.807, 2.05) is 0 Å². The molecule has 2 rings (SSSR count). The van der Waals surface area contributed by atoms with Crippen LogP contribution < -0.4 is 16.6 Å². The number of aromatic nitrogens is 2. The van der Waals surface area contributed by atoms with Crippen molar-refractivity contribution < 1.29 is 4.39 Å². The maximum absolute atomic E-state index is 13.0. The summed E-state index contributed by atoms with van der Waals surface area (Å²) in [4.78, 5) is 23.5. The molecule has 0 saturated heterocycles. The second-order valence-corrected chi connectivity index (χ2v) is 4.80. The van der Waals surface area contributed by atoms with Gasteiger partial charge in [-0.15, -0.1) is 0 Å². The monoisotopic (exact) mass is 297 g/mol. The third-order valence-corrected chi connectivity index (χ3v) is 3.21. The smallest absolute Gasteiger partial charge is 0.330 e. The Morgan fingerprint density at radius 3 is 2.65 bits per heavy atom. The summed E-state index contributed by atoms with van der Waals surface area (Å²) in [5, 5.41) is 2.97. The van der Waals surface area contributed by atoms with E-state index >= 15 is 0 Å². The van der Waals surface area contributed by atoms with Gasteiger partial charge in [0.1, 0.15) is 5.82 Å². The molecule has 0 aliphatic carbocycles. The first kappa shape index (κ1) is 14.3. The fourth-order valence-corrected chi connectivity index (χ4v) is 1.99. The van der Waals surface area contributed by atoms with Gasteiger partial charge in [-0.2, -0.15) is 0 Å². The highest BCUT2D eigenvalue weighted by Gasteiger charge is 2.07. The van der Waals surface area contributed by atoms with E-state index in [4.69, 9.17) is 11.6 Å². The molecule has 20 heavy (non-hydrogen) atoms. The van der Waals surface area contributed by atoms with Crippen LogP contribution in [0.2, 0.25) is 5.02 Å². The van der Waals surface area contributed by atoms with Crippen LogP contribution in [-0.4, -0.2) is 9.13 Å². The number of aryl methyl sites for hydroxylation is 1. The lowest BCUT2D eigenvalue weighted by molar-refractivity contribution is 0.628. The molecular weight excluding hydrogens is 285 g/mol. The first-order valence-electron chi connectivity index (χ1n) is 5.84. The van der Waals surface area contributed by atoms with Gasteiger partial charge in [-0.05, 0) is 18.2 Å². The standard InChI is InChI=1S/C13H13ClFN3O2/c1-17-7-8(12(19)18(2)13(17)20)6-16-9-3-4-11(15)10(14)5-9/h3-5,7,16H,6H2,1-2H3. The lowest BCUT2D eigenvalue weighted by Crippen LogP contribution is -2.38. The van der Waals surface area contributed by atoms with Crippen molar-refractivity contribution >= 4 is 17.3 Å². The van der Waals surface area contributed by atoms with E-state index in [0.717, 1.165) is 4.57 Å². The quantitative estimate of drug-likeness (QED) is 0.934. The summed E-state index contributed by atoms with van der Waals surface area (Å²) < 4.78 is 15.4. The Balaban J connectivity index is 2.25. The molecule has 0 unspecified atom stereocenters.